The molecule has 0 amide bonds. The van der Waals surface area contributed by atoms with Crippen molar-refractivity contribution in [3.05, 3.63) is 77.9 Å². The number of H-pyrrole nitrogens is 1. The maximum atomic E-state index is 6.03. The van der Waals surface area contributed by atoms with E-state index < -0.39 is 0 Å². The molecule has 0 unspecified atom stereocenters. The third-order valence-electron chi connectivity index (χ3n) is 4.77. The van der Waals surface area contributed by atoms with Gasteiger partial charge in [0.2, 0.25) is 5.88 Å². The lowest BCUT2D eigenvalue weighted by Gasteiger charge is -2.16. The van der Waals surface area contributed by atoms with Gasteiger partial charge in [-0.1, -0.05) is 31.4 Å². The molecule has 2 N–H and O–H groups in total. The molecule has 1 aromatic carbocycles. The van der Waals surface area contributed by atoms with Crippen molar-refractivity contribution in [3.8, 4) is 17.0 Å². The Balaban J connectivity index is 2.07. The highest BCUT2D eigenvalue weighted by atomic mass is 16.5. The molecule has 2 aromatic rings. The number of rotatable bonds is 3. The molecule has 3 rings (SSSR count). The van der Waals surface area contributed by atoms with Gasteiger partial charge in [-0.3, -0.25) is 0 Å². The largest absolute Gasteiger partial charge is 0.479 e. The molecular weight excluding hydrogens is 362 g/mol. The van der Waals surface area contributed by atoms with Crippen LogP contribution in [0.5, 0.6) is 5.88 Å². The van der Waals surface area contributed by atoms with Gasteiger partial charge in [0.1, 0.15) is 0 Å². The summed E-state index contributed by atoms with van der Waals surface area (Å²) in [5.41, 5.74) is 6.99. The first-order chi connectivity index (χ1) is 14.0. The summed E-state index contributed by atoms with van der Waals surface area (Å²) in [6, 6.07) is 6.31. The number of nitrogens with one attached hydrogen (secondary N) is 2. The van der Waals surface area contributed by atoms with E-state index in [1.165, 1.54) is 0 Å². The van der Waals surface area contributed by atoms with Crippen LogP contribution in [0.3, 0.4) is 0 Å². The zero-order valence-corrected chi connectivity index (χ0v) is 17.5. The minimum absolute atomic E-state index is 0.526. The maximum Gasteiger partial charge on any atom is 0.217 e. The lowest BCUT2D eigenvalue weighted by molar-refractivity contribution is 0.165. The fourth-order valence-electron chi connectivity index (χ4n) is 3.20. The van der Waals surface area contributed by atoms with Crippen molar-refractivity contribution in [2.24, 2.45) is 0 Å². The SMILES string of the molecule is C=C(C)C1=C(\NCC)OCCCOc2[nH]ncc2-c2ccc(C)c(c2)C(=C)\C=C\1. The number of aromatic amines is 1. The zero-order chi connectivity index (χ0) is 20.8. The Bertz CT molecular complexity index is 966. The van der Waals surface area contributed by atoms with Crippen molar-refractivity contribution in [1.29, 1.82) is 0 Å². The number of aryl methyl sites for hydroxylation is 1. The van der Waals surface area contributed by atoms with Gasteiger partial charge in [0.25, 0.3) is 0 Å². The van der Waals surface area contributed by atoms with Crippen molar-refractivity contribution in [2.75, 3.05) is 19.8 Å². The summed E-state index contributed by atoms with van der Waals surface area (Å²) in [5, 5.41) is 10.4. The van der Waals surface area contributed by atoms with Crippen LogP contribution in [-0.2, 0) is 4.74 Å². The molecule has 152 valence electrons. The quantitative estimate of drug-likeness (QED) is 0.760. The van der Waals surface area contributed by atoms with Crippen molar-refractivity contribution in [2.45, 2.75) is 27.2 Å². The molecule has 0 radical (unpaired) electrons. The first kappa shape index (κ1) is 20.5. The molecule has 2 bridgehead atoms. The van der Waals surface area contributed by atoms with Crippen LogP contribution in [0, 0.1) is 6.92 Å². The summed E-state index contributed by atoms with van der Waals surface area (Å²) in [6.45, 7) is 16.3. The Hall–Kier alpha value is -3.21. The predicted molar refractivity (Wildman–Crippen MR) is 119 cm³/mol. The van der Waals surface area contributed by atoms with Crippen LogP contribution in [0.1, 0.15) is 31.4 Å². The van der Waals surface area contributed by atoms with Crippen molar-refractivity contribution in [1.82, 2.24) is 15.5 Å². The van der Waals surface area contributed by atoms with Crippen LogP contribution in [-0.4, -0.2) is 30.0 Å². The van der Waals surface area contributed by atoms with E-state index in [4.69, 9.17) is 9.47 Å². The Morgan fingerprint density at radius 1 is 1.21 bits per heavy atom. The molecular formula is C24H29N3O2. The van der Waals surface area contributed by atoms with E-state index in [0.717, 1.165) is 57.8 Å². The van der Waals surface area contributed by atoms with Gasteiger partial charge in [-0.15, -0.1) is 0 Å². The van der Waals surface area contributed by atoms with E-state index in [2.05, 4.69) is 53.8 Å². The van der Waals surface area contributed by atoms with Gasteiger partial charge >= 0.3 is 0 Å². The third kappa shape index (κ3) is 4.80. The number of aromatic nitrogens is 2. The summed E-state index contributed by atoms with van der Waals surface area (Å²) in [5.74, 6) is 1.40. The molecule has 0 fully saturated rings. The predicted octanol–water partition coefficient (Wildman–Crippen LogP) is 5.15. The second-order valence-corrected chi connectivity index (χ2v) is 7.11. The van der Waals surface area contributed by atoms with E-state index in [9.17, 15) is 0 Å². The van der Waals surface area contributed by atoms with E-state index in [1.807, 2.05) is 26.0 Å². The van der Waals surface area contributed by atoms with Gasteiger partial charge in [-0.05, 0) is 60.8 Å². The summed E-state index contributed by atoms with van der Waals surface area (Å²) in [7, 11) is 0. The Labute approximate surface area is 172 Å². The van der Waals surface area contributed by atoms with E-state index in [-0.39, 0.29) is 0 Å². The lowest BCUT2D eigenvalue weighted by atomic mass is 9.96. The second-order valence-electron chi connectivity index (χ2n) is 7.11. The highest BCUT2D eigenvalue weighted by Gasteiger charge is 2.13. The first-order valence-electron chi connectivity index (χ1n) is 9.92. The van der Waals surface area contributed by atoms with Crippen LogP contribution in [0.2, 0.25) is 0 Å². The summed E-state index contributed by atoms with van der Waals surface area (Å²) in [4.78, 5) is 0. The maximum absolute atomic E-state index is 6.03. The molecule has 0 spiro atoms. The second kappa shape index (κ2) is 9.32. The summed E-state index contributed by atoms with van der Waals surface area (Å²) in [6.07, 6.45) is 6.57. The van der Waals surface area contributed by atoms with Crippen LogP contribution in [0.25, 0.3) is 16.7 Å². The molecule has 5 nitrogen and oxygen atoms in total. The Morgan fingerprint density at radius 2 is 2.00 bits per heavy atom. The monoisotopic (exact) mass is 391 g/mol. The molecule has 1 aliphatic heterocycles. The van der Waals surface area contributed by atoms with E-state index in [1.54, 1.807) is 6.20 Å². The van der Waals surface area contributed by atoms with Gasteiger partial charge in [0.05, 0.1) is 25.0 Å². The number of fused-ring (bicyclic) bond motifs is 4. The van der Waals surface area contributed by atoms with Crippen molar-refractivity contribution in [3.63, 3.8) is 0 Å². The minimum Gasteiger partial charge on any atom is -0.479 e. The van der Waals surface area contributed by atoms with Crippen LogP contribution in [0.4, 0.5) is 0 Å². The zero-order valence-electron chi connectivity index (χ0n) is 17.5. The molecule has 0 saturated carbocycles. The van der Waals surface area contributed by atoms with Gasteiger partial charge < -0.3 is 14.8 Å². The molecule has 1 aliphatic rings. The lowest BCUT2D eigenvalue weighted by Crippen LogP contribution is -2.18. The average molecular weight is 392 g/mol. The molecule has 0 atom stereocenters. The fraction of sp³-hybridized carbons (Fsp3) is 0.292. The Kier molecular flexibility index (Phi) is 6.60. The van der Waals surface area contributed by atoms with E-state index in [0.29, 0.717) is 19.1 Å². The number of ether oxygens (including phenoxy) is 2. The van der Waals surface area contributed by atoms with Gasteiger partial charge in [0, 0.05) is 18.5 Å². The van der Waals surface area contributed by atoms with Crippen LogP contribution < -0.4 is 10.1 Å². The highest BCUT2D eigenvalue weighted by molar-refractivity contribution is 5.80. The summed E-state index contributed by atoms with van der Waals surface area (Å²) >= 11 is 0. The average Bonchev–Trinajstić information content (AvgIpc) is 3.15. The number of benzene rings is 1. The molecule has 5 heteroatoms. The smallest absolute Gasteiger partial charge is 0.217 e. The van der Waals surface area contributed by atoms with Crippen LogP contribution in [0.15, 0.2) is 66.7 Å². The first-order valence-corrected chi connectivity index (χ1v) is 9.92. The van der Waals surface area contributed by atoms with Gasteiger partial charge in [0.15, 0.2) is 5.88 Å². The Morgan fingerprint density at radius 3 is 2.76 bits per heavy atom. The standard InChI is InChI=1S/C24H29N3O2/c1-6-25-23-20(16(2)3)11-9-18(5)21-14-19(10-8-17(21)4)22-15-26-27-24(22)29-13-7-12-28-23/h8-11,14-15,25H,2,5-7,12-13H2,1,3-4H3,(H,26,27)/b11-9+,23-20+. The molecule has 0 aliphatic carbocycles. The topological polar surface area (TPSA) is 59.2 Å². The fourth-order valence-corrected chi connectivity index (χ4v) is 3.20. The number of allylic oxidation sites excluding steroid dienone is 5. The molecule has 1 aromatic heterocycles. The number of hydrogen-bond donors (Lipinski definition) is 2. The normalized spacial score (nSPS) is 18.5. The number of nitrogens with zero attached hydrogens (tertiary/aromatic N) is 1. The van der Waals surface area contributed by atoms with Gasteiger partial charge in [-0.2, -0.15) is 5.10 Å². The van der Waals surface area contributed by atoms with Crippen molar-refractivity contribution < 1.29 is 9.47 Å². The third-order valence-corrected chi connectivity index (χ3v) is 4.77. The van der Waals surface area contributed by atoms with E-state index >= 15 is 0 Å². The highest BCUT2D eigenvalue weighted by Crippen LogP contribution is 2.32. The van der Waals surface area contributed by atoms with Crippen LogP contribution >= 0.6 is 0 Å². The molecule has 29 heavy (non-hydrogen) atoms. The minimum atomic E-state index is 0.526. The van der Waals surface area contributed by atoms with Gasteiger partial charge in [-0.25, -0.2) is 5.10 Å². The molecule has 0 saturated heterocycles. The summed E-state index contributed by atoms with van der Waals surface area (Å²) < 4.78 is 12.0. The van der Waals surface area contributed by atoms with Crippen molar-refractivity contribution >= 4 is 5.57 Å². The molecule has 2 heterocycles. The number of hydrogen-bond acceptors (Lipinski definition) is 4.